The second kappa shape index (κ2) is 5.18. The van der Waals surface area contributed by atoms with E-state index in [0.29, 0.717) is 5.69 Å². The summed E-state index contributed by atoms with van der Waals surface area (Å²) >= 11 is 0. The lowest BCUT2D eigenvalue weighted by Gasteiger charge is -2.20. The molecule has 4 N–H and O–H groups in total. The molecule has 0 bridgehead atoms. The molecule has 5 nitrogen and oxygen atoms in total. The van der Waals surface area contributed by atoms with Crippen LogP contribution < -0.4 is 5.73 Å². The SMILES string of the molecule is Nc1ccc2c(c1)[C@@H]([C@H](CC(=O)O)C(=O)O)c1ccccc1-2. The third-order valence-electron chi connectivity index (χ3n) is 4.11. The Hall–Kier alpha value is -2.82. The maximum absolute atomic E-state index is 11.6. The van der Waals surface area contributed by atoms with Crippen molar-refractivity contribution >= 4 is 17.6 Å². The molecule has 0 amide bonds. The number of rotatable bonds is 4. The topological polar surface area (TPSA) is 101 Å². The molecular weight excluding hydrogens is 282 g/mol. The lowest BCUT2D eigenvalue weighted by Crippen LogP contribution is -2.24. The van der Waals surface area contributed by atoms with Crippen LogP contribution >= 0.6 is 0 Å². The van der Waals surface area contributed by atoms with Crippen LogP contribution in [0.25, 0.3) is 11.1 Å². The minimum atomic E-state index is -1.12. The van der Waals surface area contributed by atoms with Gasteiger partial charge < -0.3 is 15.9 Å². The number of anilines is 1. The molecule has 2 atom stereocenters. The molecule has 0 unspecified atom stereocenters. The number of hydrogen-bond donors (Lipinski definition) is 3. The summed E-state index contributed by atoms with van der Waals surface area (Å²) in [5.74, 6) is -3.76. The monoisotopic (exact) mass is 297 g/mol. The van der Waals surface area contributed by atoms with Crippen LogP contribution in [0.15, 0.2) is 42.5 Å². The average molecular weight is 297 g/mol. The second-order valence-corrected chi connectivity index (χ2v) is 5.45. The predicted molar refractivity (Wildman–Crippen MR) is 81.5 cm³/mol. The molecule has 0 saturated carbocycles. The summed E-state index contributed by atoms with van der Waals surface area (Å²) in [6.45, 7) is 0. The largest absolute Gasteiger partial charge is 0.481 e. The Morgan fingerprint density at radius 3 is 2.41 bits per heavy atom. The van der Waals surface area contributed by atoms with Gasteiger partial charge in [-0.05, 0) is 34.4 Å². The van der Waals surface area contributed by atoms with E-state index < -0.39 is 30.2 Å². The molecule has 2 aromatic rings. The number of aliphatic carboxylic acids is 2. The maximum atomic E-state index is 11.6. The van der Waals surface area contributed by atoms with Gasteiger partial charge in [-0.15, -0.1) is 0 Å². The molecule has 0 fully saturated rings. The molecule has 3 rings (SSSR count). The van der Waals surface area contributed by atoms with Crippen LogP contribution in [0.3, 0.4) is 0 Å². The van der Waals surface area contributed by atoms with Crippen LogP contribution in [0.4, 0.5) is 5.69 Å². The minimum absolute atomic E-state index is 0.428. The van der Waals surface area contributed by atoms with Crippen molar-refractivity contribution in [2.75, 3.05) is 5.73 Å². The van der Waals surface area contributed by atoms with E-state index in [1.54, 1.807) is 12.1 Å². The number of carboxylic acid groups (broad SMARTS) is 2. The van der Waals surface area contributed by atoms with E-state index in [9.17, 15) is 14.7 Å². The summed E-state index contributed by atoms with van der Waals surface area (Å²) < 4.78 is 0. The molecule has 2 aromatic carbocycles. The van der Waals surface area contributed by atoms with E-state index in [-0.39, 0.29) is 0 Å². The third-order valence-corrected chi connectivity index (χ3v) is 4.11. The first-order valence-electron chi connectivity index (χ1n) is 6.92. The van der Waals surface area contributed by atoms with Crippen LogP contribution in [0, 0.1) is 5.92 Å². The average Bonchev–Trinajstić information content (AvgIpc) is 2.77. The van der Waals surface area contributed by atoms with Gasteiger partial charge >= 0.3 is 11.9 Å². The first-order valence-corrected chi connectivity index (χ1v) is 6.92. The van der Waals surface area contributed by atoms with Crippen molar-refractivity contribution in [3.05, 3.63) is 53.6 Å². The molecule has 0 saturated heterocycles. The Morgan fingerprint density at radius 1 is 1.05 bits per heavy atom. The van der Waals surface area contributed by atoms with Crippen molar-refractivity contribution in [3.8, 4) is 11.1 Å². The van der Waals surface area contributed by atoms with Crippen molar-refractivity contribution in [2.45, 2.75) is 12.3 Å². The quantitative estimate of drug-likeness (QED) is 0.753. The molecule has 112 valence electrons. The van der Waals surface area contributed by atoms with Gasteiger partial charge in [-0.3, -0.25) is 9.59 Å². The summed E-state index contributed by atoms with van der Waals surface area (Å²) in [6.07, 6.45) is -0.428. The van der Waals surface area contributed by atoms with Gasteiger partial charge in [0.2, 0.25) is 0 Å². The van der Waals surface area contributed by atoms with Crippen LogP contribution in [-0.4, -0.2) is 22.2 Å². The molecule has 0 radical (unpaired) electrons. The zero-order valence-electron chi connectivity index (χ0n) is 11.7. The molecule has 0 aliphatic heterocycles. The summed E-state index contributed by atoms with van der Waals surface area (Å²) in [5, 5.41) is 18.6. The van der Waals surface area contributed by atoms with E-state index in [1.807, 2.05) is 30.3 Å². The minimum Gasteiger partial charge on any atom is -0.481 e. The van der Waals surface area contributed by atoms with E-state index in [0.717, 1.165) is 22.3 Å². The van der Waals surface area contributed by atoms with Gasteiger partial charge in [-0.25, -0.2) is 0 Å². The van der Waals surface area contributed by atoms with Gasteiger partial charge in [0, 0.05) is 11.6 Å². The van der Waals surface area contributed by atoms with Crippen molar-refractivity contribution < 1.29 is 19.8 Å². The summed E-state index contributed by atoms with van der Waals surface area (Å²) in [5.41, 5.74) is 9.88. The summed E-state index contributed by atoms with van der Waals surface area (Å²) in [7, 11) is 0. The Labute approximate surface area is 127 Å². The van der Waals surface area contributed by atoms with Gasteiger partial charge in [0.25, 0.3) is 0 Å². The predicted octanol–water partition coefficient (Wildman–Crippen LogP) is 2.56. The fraction of sp³-hybridized carbons (Fsp3) is 0.176. The molecular formula is C17H15NO4. The Balaban J connectivity index is 2.20. The highest BCUT2D eigenvalue weighted by Crippen LogP contribution is 2.49. The van der Waals surface area contributed by atoms with Crippen molar-refractivity contribution in [3.63, 3.8) is 0 Å². The van der Waals surface area contributed by atoms with Crippen LogP contribution in [-0.2, 0) is 9.59 Å². The normalized spacial score (nSPS) is 16.6. The molecule has 1 aliphatic rings. The fourth-order valence-corrected chi connectivity index (χ4v) is 3.23. The number of hydrogen-bond acceptors (Lipinski definition) is 3. The number of carboxylic acids is 2. The first-order chi connectivity index (χ1) is 10.5. The first kappa shape index (κ1) is 14.1. The molecule has 1 aliphatic carbocycles. The lowest BCUT2D eigenvalue weighted by atomic mass is 9.82. The smallest absolute Gasteiger partial charge is 0.308 e. The van der Waals surface area contributed by atoms with Gasteiger partial charge in [-0.2, -0.15) is 0 Å². The van der Waals surface area contributed by atoms with E-state index in [1.165, 1.54) is 0 Å². The van der Waals surface area contributed by atoms with Crippen LogP contribution in [0.5, 0.6) is 0 Å². The molecule has 5 heteroatoms. The second-order valence-electron chi connectivity index (χ2n) is 5.45. The van der Waals surface area contributed by atoms with Crippen LogP contribution in [0.1, 0.15) is 23.5 Å². The van der Waals surface area contributed by atoms with E-state index in [4.69, 9.17) is 10.8 Å². The van der Waals surface area contributed by atoms with Crippen molar-refractivity contribution in [2.24, 2.45) is 5.92 Å². The number of carbonyl (C=O) groups is 2. The highest BCUT2D eigenvalue weighted by atomic mass is 16.4. The standard InChI is InChI=1S/C17H15NO4/c18-9-5-6-11-10-3-1-2-4-12(10)16(13(11)7-9)14(17(21)22)8-15(19)20/h1-7,14,16H,8,18H2,(H,19,20)(H,21,22)/t14-,16-/m0/s1. The van der Waals surface area contributed by atoms with Crippen LogP contribution in [0.2, 0.25) is 0 Å². The van der Waals surface area contributed by atoms with Crippen molar-refractivity contribution in [1.82, 2.24) is 0 Å². The molecule has 0 aromatic heterocycles. The zero-order chi connectivity index (χ0) is 15.9. The molecule has 22 heavy (non-hydrogen) atoms. The third kappa shape index (κ3) is 2.20. The van der Waals surface area contributed by atoms with Gasteiger partial charge in [0.1, 0.15) is 0 Å². The zero-order valence-corrected chi connectivity index (χ0v) is 11.7. The Morgan fingerprint density at radius 2 is 1.73 bits per heavy atom. The highest BCUT2D eigenvalue weighted by Gasteiger charge is 2.39. The molecule has 0 heterocycles. The summed E-state index contributed by atoms with van der Waals surface area (Å²) in [4.78, 5) is 22.7. The van der Waals surface area contributed by atoms with Crippen molar-refractivity contribution in [1.29, 1.82) is 0 Å². The Kier molecular flexibility index (Phi) is 3.33. The van der Waals surface area contributed by atoms with Gasteiger partial charge in [0.15, 0.2) is 0 Å². The highest BCUT2D eigenvalue weighted by molar-refractivity contribution is 5.86. The number of nitrogens with two attached hydrogens (primary N) is 1. The molecule has 0 spiro atoms. The number of fused-ring (bicyclic) bond motifs is 3. The maximum Gasteiger partial charge on any atom is 0.308 e. The van der Waals surface area contributed by atoms with E-state index in [2.05, 4.69) is 0 Å². The van der Waals surface area contributed by atoms with Gasteiger partial charge in [0.05, 0.1) is 12.3 Å². The lowest BCUT2D eigenvalue weighted by molar-refractivity contribution is -0.148. The number of nitrogen functional groups attached to an aromatic ring is 1. The fourth-order valence-electron chi connectivity index (χ4n) is 3.23. The van der Waals surface area contributed by atoms with Gasteiger partial charge in [-0.1, -0.05) is 30.3 Å². The van der Waals surface area contributed by atoms with E-state index >= 15 is 0 Å². The summed E-state index contributed by atoms with van der Waals surface area (Å²) in [6, 6.07) is 12.9. The Bertz CT molecular complexity index is 769. The number of benzene rings is 2.